The lowest BCUT2D eigenvalue weighted by Crippen LogP contribution is -2.05. The number of carboxylic acid groups (broad SMARTS) is 1. The Morgan fingerprint density at radius 1 is 1.59 bits per heavy atom. The van der Waals surface area contributed by atoms with Crippen molar-refractivity contribution in [2.45, 2.75) is 25.2 Å². The molecule has 1 atom stereocenters. The Morgan fingerprint density at radius 2 is 2.35 bits per heavy atom. The van der Waals surface area contributed by atoms with E-state index < -0.39 is 15.8 Å². The molecule has 1 saturated heterocycles. The van der Waals surface area contributed by atoms with Crippen molar-refractivity contribution in [2.24, 2.45) is 0 Å². The number of aliphatic carboxylic acids is 1. The van der Waals surface area contributed by atoms with Crippen LogP contribution in [-0.2, 0) is 21.1 Å². The van der Waals surface area contributed by atoms with Gasteiger partial charge in [-0.2, -0.15) is 0 Å². The monoisotopic (exact) mass is 258 g/mol. The Labute approximate surface area is 99.0 Å². The molecule has 0 bridgehead atoms. The van der Waals surface area contributed by atoms with Crippen LogP contribution in [-0.4, -0.2) is 41.0 Å². The highest BCUT2D eigenvalue weighted by atomic mass is 32.2. The van der Waals surface area contributed by atoms with Gasteiger partial charge in [-0.1, -0.05) is 0 Å². The summed E-state index contributed by atoms with van der Waals surface area (Å²) in [5.74, 6) is 0.0801. The van der Waals surface area contributed by atoms with Crippen molar-refractivity contribution < 1.29 is 18.3 Å². The summed E-state index contributed by atoms with van der Waals surface area (Å²) >= 11 is 0. The zero-order valence-corrected chi connectivity index (χ0v) is 10.0. The Hall–Kier alpha value is -1.37. The van der Waals surface area contributed by atoms with Gasteiger partial charge >= 0.3 is 5.97 Å². The average Bonchev–Trinajstić information content (AvgIpc) is 2.81. The van der Waals surface area contributed by atoms with Crippen LogP contribution in [0, 0.1) is 0 Å². The molecule has 1 aliphatic heterocycles. The standard InChI is InChI=1S/C10H14N2O4S/c13-9(14)2-1-8-5-11-10(12-8)7-3-4-17(15,16)6-7/h5,7H,1-4,6H2,(H,11,12)(H,13,14). The minimum atomic E-state index is -2.91. The molecule has 1 fully saturated rings. The molecule has 1 aliphatic rings. The quantitative estimate of drug-likeness (QED) is 0.810. The van der Waals surface area contributed by atoms with Crippen molar-refractivity contribution in [2.75, 3.05) is 11.5 Å². The van der Waals surface area contributed by atoms with Crippen LogP contribution in [0.2, 0.25) is 0 Å². The van der Waals surface area contributed by atoms with Crippen molar-refractivity contribution >= 4 is 15.8 Å². The van der Waals surface area contributed by atoms with Gasteiger partial charge in [-0.3, -0.25) is 4.79 Å². The van der Waals surface area contributed by atoms with Crippen LogP contribution in [0.15, 0.2) is 6.20 Å². The first-order valence-corrected chi connectivity index (χ1v) is 7.24. The molecule has 1 unspecified atom stereocenters. The number of aromatic amines is 1. The number of hydrogen-bond acceptors (Lipinski definition) is 4. The second-order valence-electron chi connectivity index (χ2n) is 4.29. The topological polar surface area (TPSA) is 100 Å². The Bertz CT molecular complexity index is 520. The number of aryl methyl sites for hydroxylation is 1. The maximum atomic E-state index is 11.3. The first-order valence-electron chi connectivity index (χ1n) is 5.42. The molecule has 0 aliphatic carbocycles. The molecule has 1 aromatic heterocycles. The van der Waals surface area contributed by atoms with E-state index in [1.165, 1.54) is 0 Å². The summed E-state index contributed by atoms with van der Waals surface area (Å²) in [6.07, 6.45) is 2.61. The second-order valence-corrected chi connectivity index (χ2v) is 6.52. The van der Waals surface area contributed by atoms with Crippen LogP contribution < -0.4 is 0 Å². The molecule has 17 heavy (non-hydrogen) atoms. The number of nitrogens with one attached hydrogen (secondary N) is 1. The fraction of sp³-hybridized carbons (Fsp3) is 0.600. The zero-order valence-electron chi connectivity index (χ0n) is 9.22. The van der Waals surface area contributed by atoms with Gasteiger partial charge in [0.05, 0.1) is 17.9 Å². The molecule has 2 rings (SSSR count). The molecular weight excluding hydrogens is 244 g/mol. The summed E-state index contributed by atoms with van der Waals surface area (Å²) in [6.45, 7) is 0. The average molecular weight is 258 g/mol. The number of H-pyrrole nitrogens is 1. The molecule has 0 amide bonds. The summed E-state index contributed by atoms with van der Waals surface area (Å²) in [5.41, 5.74) is 0.742. The minimum absolute atomic E-state index is 0.0462. The van der Waals surface area contributed by atoms with Gasteiger partial charge in [0.1, 0.15) is 5.82 Å². The van der Waals surface area contributed by atoms with Crippen LogP contribution in [0.5, 0.6) is 0 Å². The molecule has 0 spiro atoms. The van der Waals surface area contributed by atoms with Gasteiger partial charge in [0.2, 0.25) is 0 Å². The van der Waals surface area contributed by atoms with Crippen LogP contribution in [0.25, 0.3) is 0 Å². The van der Waals surface area contributed by atoms with E-state index >= 15 is 0 Å². The lowest BCUT2D eigenvalue weighted by Gasteiger charge is -2.02. The van der Waals surface area contributed by atoms with E-state index in [1.807, 2.05) is 0 Å². The smallest absolute Gasteiger partial charge is 0.303 e. The molecule has 0 aromatic carbocycles. The fourth-order valence-corrected chi connectivity index (χ4v) is 3.71. The summed E-state index contributed by atoms with van der Waals surface area (Å²) in [5, 5.41) is 8.55. The van der Waals surface area contributed by atoms with Crippen LogP contribution >= 0.6 is 0 Å². The zero-order chi connectivity index (χ0) is 12.5. The molecule has 7 heteroatoms. The molecular formula is C10H14N2O4S. The second kappa shape index (κ2) is 4.48. The third-order valence-electron chi connectivity index (χ3n) is 2.88. The maximum absolute atomic E-state index is 11.3. The number of carboxylic acids is 1. The van der Waals surface area contributed by atoms with Crippen molar-refractivity contribution in [1.82, 2.24) is 9.97 Å². The number of sulfone groups is 1. The van der Waals surface area contributed by atoms with Crippen LogP contribution in [0.1, 0.15) is 30.3 Å². The SMILES string of the molecule is O=C(O)CCc1cnc(C2CCS(=O)(=O)C2)[nH]1. The van der Waals surface area contributed by atoms with E-state index in [1.54, 1.807) is 6.20 Å². The van der Waals surface area contributed by atoms with E-state index in [0.29, 0.717) is 18.7 Å². The lowest BCUT2D eigenvalue weighted by atomic mass is 10.1. The van der Waals surface area contributed by atoms with E-state index in [2.05, 4.69) is 9.97 Å². The van der Waals surface area contributed by atoms with E-state index in [9.17, 15) is 13.2 Å². The predicted octanol–water partition coefficient (Wildman–Crippen LogP) is 0.329. The predicted molar refractivity (Wildman–Crippen MR) is 60.6 cm³/mol. The highest BCUT2D eigenvalue weighted by Gasteiger charge is 2.30. The first kappa shape index (κ1) is 12.1. The number of rotatable bonds is 4. The molecule has 94 valence electrons. The number of hydrogen-bond donors (Lipinski definition) is 2. The number of nitrogens with zero attached hydrogens (tertiary/aromatic N) is 1. The molecule has 2 N–H and O–H groups in total. The van der Waals surface area contributed by atoms with Crippen molar-refractivity contribution in [3.8, 4) is 0 Å². The summed E-state index contributed by atoms with van der Waals surface area (Å²) in [6, 6.07) is 0. The molecule has 1 aromatic rings. The largest absolute Gasteiger partial charge is 0.481 e. The van der Waals surface area contributed by atoms with Gasteiger partial charge in [-0.15, -0.1) is 0 Å². The van der Waals surface area contributed by atoms with E-state index in [-0.39, 0.29) is 23.8 Å². The van der Waals surface area contributed by atoms with Crippen molar-refractivity contribution in [3.63, 3.8) is 0 Å². The number of imidazole rings is 1. The van der Waals surface area contributed by atoms with Gasteiger partial charge < -0.3 is 10.1 Å². The highest BCUT2D eigenvalue weighted by Crippen LogP contribution is 2.26. The third kappa shape index (κ3) is 3.06. The third-order valence-corrected chi connectivity index (χ3v) is 4.64. The summed E-state index contributed by atoms with van der Waals surface area (Å²) in [4.78, 5) is 17.5. The molecule has 2 heterocycles. The summed E-state index contributed by atoms with van der Waals surface area (Å²) < 4.78 is 22.6. The normalized spacial score (nSPS) is 22.7. The van der Waals surface area contributed by atoms with E-state index in [4.69, 9.17) is 5.11 Å². The van der Waals surface area contributed by atoms with Crippen molar-refractivity contribution in [3.05, 3.63) is 17.7 Å². The van der Waals surface area contributed by atoms with Gasteiger partial charge in [0.25, 0.3) is 0 Å². The van der Waals surface area contributed by atoms with Gasteiger partial charge in [-0.05, 0) is 12.8 Å². The fourth-order valence-electron chi connectivity index (χ4n) is 1.96. The summed E-state index contributed by atoms with van der Waals surface area (Å²) in [7, 11) is -2.91. The lowest BCUT2D eigenvalue weighted by molar-refractivity contribution is -0.136. The maximum Gasteiger partial charge on any atom is 0.303 e. The van der Waals surface area contributed by atoms with E-state index in [0.717, 1.165) is 5.69 Å². The highest BCUT2D eigenvalue weighted by molar-refractivity contribution is 7.91. The van der Waals surface area contributed by atoms with Gasteiger partial charge in [0, 0.05) is 17.8 Å². The Balaban J connectivity index is 2.01. The Morgan fingerprint density at radius 3 is 2.94 bits per heavy atom. The van der Waals surface area contributed by atoms with Crippen LogP contribution in [0.4, 0.5) is 0 Å². The number of aromatic nitrogens is 2. The Kier molecular flexibility index (Phi) is 3.19. The number of carbonyl (C=O) groups is 1. The van der Waals surface area contributed by atoms with Crippen molar-refractivity contribution in [1.29, 1.82) is 0 Å². The molecule has 6 nitrogen and oxygen atoms in total. The molecule has 0 saturated carbocycles. The minimum Gasteiger partial charge on any atom is -0.481 e. The van der Waals surface area contributed by atoms with Gasteiger partial charge in [-0.25, -0.2) is 13.4 Å². The molecule has 0 radical (unpaired) electrons. The first-order chi connectivity index (χ1) is 7.96. The van der Waals surface area contributed by atoms with Gasteiger partial charge in [0.15, 0.2) is 9.84 Å². The van der Waals surface area contributed by atoms with Crippen LogP contribution in [0.3, 0.4) is 0 Å².